The van der Waals surface area contributed by atoms with Crippen LogP contribution in [0.25, 0.3) is 0 Å². The van der Waals surface area contributed by atoms with Crippen LogP contribution < -0.4 is 19.4 Å². The van der Waals surface area contributed by atoms with Gasteiger partial charge in [0, 0.05) is 24.2 Å². The van der Waals surface area contributed by atoms with Gasteiger partial charge in [-0.25, -0.2) is 4.57 Å². The third-order valence-corrected chi connectivity index (χ3v) is 6.68. The number of nitrogens with zero attached hydrogens (tertiary/aromatic N) is 1. The van der Waals surface area contributed by atoms with Crippen molar-refractivity contribution in [3.05, 3.63) is 53.9 Å². The Labute approximate surface area is 219 Å². The average Bonchev–Trinajstić information content (AvgIpc) is 2.90. The predicted octanol–water partition coefficient (Wildman–Crippen LogP) is 7.31. The van der Waals surface area contributed by atoms with E-state index in [2.05, 4.69) is 12.2 Å². The number of ether oxygens (including phenoxy) is 2. The molecule has 36 heavy (non-hydrogen) atoms. The van der Waals surface area contributed by atoms with Crippen LogP contribution >= 0.6 is 0 Å². The van der Waals surface area contributed by atoms with Gasteiger partial charge >= 0.3 is 0 Å². The molecule has 0 saturated heterocycles. The normalized spacial score (nSPS) is 10.9. The number of amides is 1. The van der Waals surface area contributed by atoms with Crippen molar-refractivity contribution in [2.75, 3.05) is 13.7 Å². The lowest BCUT2D eigenvalue weighted by atomic mass is 10.0. The summed E-state index contributed by atoms with van der Waals surface area (Å²) in [5.74, 6) is 1.17. The van der Waals surface area contributed by atoms with Gasteiger partial charge in [-0.05, 0) is 30.2 Å². The maximum atomic E-state index is 12.6. The fraction of sp³-hybridized carbons (Fsp3) is 0.613. The molecule has 0 aliphatic carbocycles. The zero-order valence-corrected chi connectivity index (χ0v) is 23.0. The van der Waals surface area contributed by atoms with Crippen LogP contribution in [0.15, 0.2) is 42.7 Å². The van der Waals surface area contributed by atoms with Crippen molar-refractivity contribution >= 4 is 5.91 Å². The number of unbranched alkanes of at least 4 members (excludes halogenated alkanes) is 13. The largest absolute Gasteiger partial charge is 0.493 e. The van der Waals surface area contributed by atoms with Gasteiger partial charge in [0.1, 0.15) is 7.05 Å². The number of aromatic nitrogens is 1. The number of nitrogens with one attached hydrogen (secondary N) is 1. The molecule has 2 aromatic rings. The molecule has 0 saturated carbocycles. The van der Waals surface area contributed by atoms with Crippen molar-refractivity contribution in [2.45, 2.75) is 103 Å². The van der Waals surface area contributed by atoms with E-state index in [-0.39, 0.29) is 5.91 Å². The first-order valence-electron chi connectivity index (χ1n) is 14.2. The number of benzene rings is 1. The van der Waals surface area contributed by atoms with Gasteiger partial charge in [-0.1, -0.05) is 90.4 Å². The third-order valence-electron chi connectivity index (χ3n) is 6.68. The van der Waals surface area contributed by atoms with E-state index in [9.17, 15) is 4.79 Å². The zero-order chi connectivity index (χ0) is 25.8. The molecule has 0 spiro atoms. The van der Waals surface area contributed by atoms with Gasteiger partial charge in [0.05, 0.1) is 13.7 Å². The quantitative estimate of drug-likeness (QED) is 0.154. The van der Waals surface area contributed by atoms with Crippen LogP contribution in [0.3, 0.4) is 0 Å². The molecule has 0 fully saturated rings. The number of methoxy groups -OCH3 is 1. The van der Waals surface area contributed by atoms with Gasteiger partial charge < -0.3 is 14.8 Å². The summed E-state index contributed by atoms with van der Waals surface area (Å²) in [4.78, 5) is 12.6. The molecule has 1 heterocycles. The number of pyridine rings is 1. The van der Waals surface area contributed by atoms with Crippen molar-refractivity contribution < 1.29 is 18.8 Å². The standard InChI is InChI=1S/C31H48N2O3/c1-4-5-6-7-8-9-10-11-12-13-14-15-16-17-24-36-29-19-18-28(25-30(29)35-3)31(34)32-26-27-20-22-33(2)23-21-27/h18-23,25H,4-17,24,26H2,1-3H3/p+1. The van der Waals surface area contributed by atoms with Crippen LogP contribution in [0.1, 0.15) is 113 Å². The van der Waals surface area contributed by atoms with Gasteiger partial charge in [0.25, 0.3) is 5.91 Å². The van der Waals surface area contributed by atoms with E-state index in [0.717, 1.165) is 12.0 Å². The van der Waals surface area contributed by atoms with E-state index in [0.29, 0.717) is 30.2 Å². The topological polar surface area (TPSA) is 51.4 Å². The third kappa shape index (κ3) is 12.4. The lowest BCUT2D eigenvalue weighted by Gasteiger charge is -2.12. The Balaban J connectivity index is 1.55. The molecule has 2 rings (SSSR count). The first kappa shape index (κ1) is 29.7. The Morgan fingerprint density at radius 2 is 1.33 bits per heavy atom. The maximum Gasteiger partial charge on any atom is 0.251 e. The molecule has 1 amide bonds. The van der Waals surface area contributed by atoms with Gasteiger partial charge in [0.2, 0.25) is 0 Å². The Morgan fingerprint density at radius 1 is 0.778 bits per heavy atom. The zero-order valence-electron chi connectivity index (χ0n) is 23.0. The van der Waals surface area contributed by atoms with Crippen LogP contribution in [0, 0.1) is 0 Å². The molecule has 0 radical (unpaired) electrons. The number of aryl methyl sites for hydroxylation is 1. The SMILES string of the molecule is CCCCCCCCCCCCCCCCOc1ccc(C(=O)NCc2cc[n+](C)cc2)cc1OC. The summed E-state index contributed by atoms with van der Waals surface area (Å²) in [5, 5.41) is 2.96. The van der Waals surface area contributed by atoms with Crippen LogP contribution in [0.4, 0.5) is 0 Å². The van der Waals surface area contributed by atoms with E-state index >= 15 is 0 Å². The average molecular weight is 498 g/mol. The van der Waals surface area contributed by atoms with E-state index in [4.69, 9.17) is 9.47 Å². The highest BCUT2D eigenvalue weighted by molar-refractivity contribution is 5.94. The number of carbonyl (C=O) groups excluding carboxylic acids is 1. The maximum absolute atomic E-state index is 12.6. The molecule has 5 heteroatoms. The number of hydrogen-bond donors (Lipinski definition) is 1. The van der Waals surface area contributed by atoms with E-state index in [1.807, 2.05) is 42.2 Å². The number of carbonyl (C=O) groups is 1. The molecule has 5 nitrogen and oxygen atoms in total. The summed E-state index contributed by atoms with van der Waals surface area (Å²) < 4.78 is 13.4. The minimum Gasteiger partial charge on any atom is -0.493 e. The molecule has 0 atom stereocenters. The Bertz CT molecular complexity index is 851. The first-order chi connectivity index (χ1) is 17.6. The van der Waals surface area contributed by atoms with Crippen molar-refractivity contribution in [3.8, 4) is 11.5 Å². The summed E-state index contributed by atoms with van der Waals surface area (Å²) in [7, 11) is 3.58. The van der Waals surface area contributed by atoms with Gasteiger partial charge in [-0.15, -0.1) is 0 Å². The van der Waals surface area contributed by atoms with Crippen LogP contribution in [0.2, 0.25) is 0 Å². The second-order valence-corrected chi connectivity index (χ2v) is 9.86. The highest BCUT2D eigenvalue weighted by Gasteiger charge is 2.11. The Morgan fingerprint density at radius 3 is 1.89 bits per heavy atom. The summed E-state index contributed by atoms with van der Waals surface area (Å²) in [6.45, 7) is 3.44. The highest BCUT2D eigenvalue weighted by Crippen LogP contribution is 2.28. The fourth-order valence-corrected chi connectivity index (χ4v) is 4.34. The lowest BCUT2D eigenvalue weighted by Crippen LogP contribution is -2.27. The minimum absolute atomic E-state index is 0.125. The monoisotopic (exact) mass is 497 g/mol. The highest BCUT2D eigenvalue weighted by atomic mass is 16.5. The van der Waals surface area contributed by atoms with Crippen LogP contribution in [0.5, 0.6) is 11.5 Å². The fourth-order valence-electron chi connectivity index (χ4n) is 4.34. The molecule has 1 aromatic carbocycles. The predicted molar refractivity (Wildman–Crippen MR) is 148 cm³/mol. The Kier molecular flexibility index (Phi) is 15.4. The van der Waals surface area contributed by atoms with Crippen molar-refractivity contribution in [3.63, 3.8) is 0 Å². The number of hydrogen-bond acceptors (Lipinski definition) is 3. The van der Waals surface area contributed by atoms with Gasteiger partial charge in [-0.2, -0.15) is 0 Å². The molecular weight excluding hydrogens is 448 g/mol. The second kappa shape index (κ2) is 18.7. The number of rotatable bonds is 20. The van der Waals surface area contributed by atoms with Crippen LogP contribution in [-0.4, -0.2) is 19.6 Å². The van der Waals surface area contributed by atoms with Crippen molar-refractivity contribution in [1.29, 1.82) is 0 Å². The van der Waals surface area contributed by atoms with Gasteiger partial charge in [-0.3, -0.25) is 4.79 Å². The lowest BCUT2D eigenvalue weighted by molar-refractivity contribution is -0.671. The summed E-state index contributed by atoms with van der Waals surface area (Å²) in [6.07, 6.45) is 22.7. The van der Waals surface area contributed by atoms with Crippen molar-refractivity contribution in [2.24, 2.45) is 7.05 Å². The van der Waals surface area contributed by atoms with E-state index < -0.39 is 0 Å². The molecule has 0 unspecified atom stereocenters. The molecule has 0 aliphatic rings. The van der Waals surface area contributed by atoms with Crippen molar-refractivity contribution in [1.82, 2.24) is 5.32 Å². The van der Waals surface area contributed by atoms with E-state index in [1.54, 1.807) is 19.2 Å². The molecule has 0 bridgehead atoms. The van der Waals surface area contributed by atoms with Gasteiger partial charge in [0.15, 0.2) is 23.9 Å². The van der Waals surface area contributed by atoms with E-state index in [1.165, 1.54) is 83.5 Å². The summed E-state index contributed by atoms with van der Waals surface area (Å²) >= 11 is 0. The molecule has 200 valence electrons. The first-order valence-corrected chi connectivity index (χ1v) is 14.2. The Hall–Kier alpha value is -2.56. The molecule has 0 aliphatic heterocycles. The smallest absolute Gasteiger partial charge is 0.251 e. The minimum atomic E-state index is -0.125. The molecule has 1 aromatic heterocycles. The summed E-state index contributed by atoms with van der Waals surface area (Å²) in [5.41, 5.74) is 1.62. The molecule has 1 N–H and O–H groups in total. The molecular formula is C31H49N2O3+. The second-order valence-electron chi connectivity index (χ2n) is 9.86. The summed E-state index contributed by atoms with van der Waals surface area (Å²) in [6, 6.07) is 9.37. The van der Waals surface area contributed by atoms with Crippen LogP contribution in [-0.2, 0) is 13.6 Å².